The predicted molar refractivity (Wildman–Crippen MR) is 79.4 cm³/mol. The zero-order chi connectivity index (χ0) is 14.4. The number of amides is 2. The Labute approximate surface area is 126 Å². The molecule has 0 unspecified atom stereocenters. The van der Waals surface area contributed by atoms with E-state index in [2.05, 4.69) is 5.32 Å². The molecule has 0 radical (unpaired) electrons. The van der Waals surface area contributed by atoms with Gasteiger partial charge < -0.3 is 10.2 Å². The minimum absolute atomic E-state index is 0.0295. The molecule has 4 atom stereocenters. The highest BCUT2D eigenvalue weighted by Gasteiger charge is 2.45. The molecule has 0 aromatic carbocycles. The fourth-order valence-electron chi connectivity index (χ4n) is 4.72. The summed E-state index contributed by atoms with van der Waals surface area (Å²) in [5.41, 5.74) is 0. The lowest BCUT2D eigenvalue weighted by Crippen LogP contribution is -2.48. The van der Waals surface area contributed by atoms with E-state index in [-0.39, 0.29) is 17.7 Å². The molecule has 3 saturated carbocycles. The van der Waals surface area contributed by atoms with Crippen molar-refractivity contribution in [2.24, 2.45) is 23.7 Å². The first-order chi connectivity index (χ1) is 10.2. The second kappa shape index (κ2) is 5.29. The molecule has 21 heavy (non-hydrogen) atoms. The molecule has 4 aliphatic rings. The van der Waals surface area contributed by atoms with Crippen molar-refractivity contribution in [2.45, 2.75) is 57.4 Å². The van der Waals surface area contributed by atoms with Crippen LogP contribution in [0.1, 0.15) is 51.4 Å². The average molecular weight is 290 g/mol. The Hall–Kier alpha value is -1.06. The Bertz CT molecular complexity index is 446. The topological polar surface area (TPSA) is 49.4 Å². The van der Waals surface area contributed by atoms with Crippen LogP contribution in [-0.4, -0.2) is 35.8 Å². The number of fused-ring (bicyclic) bond motifs is 2. The van der Waals surface area contributed by atoms with Crippen LogP contribution < -0.4 is 5.32 Å². The van der Waals surface area contributed by atoms with E-state index in [1.54, 1.807) is 0 Å². The standard InChI is InChI=1S/C17H26N2O2/c20-16(18-14-5-6-14)13-2-1-7-19(10-13)17(21)15-9-11-3-4-12(15)8-11/h11-15H,1-10H2,(H,18,20)/t11-,12-,13+,15-/m0/s1. The van der Waals surface area contributed by atoms with E-state index in [0.29, 0.717) is 24.4 Å². The van der Waals surface area contributed by atoms with E-state index in [1.165, 1.54) is 19.3 Å². The summed E-state index contributed by atoms with van der Waals surface area (Å²) in [5, 5.41) is 3.10. The van der Waals surface area contributed by atoms with E-state index in [9.17, 15) is 9.59 Å². The number of piperidine rings is 1. The fraction of sp³-hybridized carbons (Fsp3) is 0.882. The zero-order valence-electron chi connectivity index (χ0n) is 12.7. The molecule has 1 aliphatic heterocycles. The molecule has 4 fully saturated rings. The van der Waals surface area contributed by atoms with Crippen LogP contribution in [0.15, 0.2) is 0 Å². The molecule has 0 aromatic heterocycles. The van der Waals surface area contributed by atoms with Crippen molar-refractivity contribution in [3.63, 3.8) is 0 Å². The minimum Gasteiger partial charge on any atom is -0.353 e. The summed E-state index contributed by atoms with van der Waals surface area (Å²) in [7, 11) is 0. The van der Waals surface area contributed by atoms with Crippen molar-refractivity contribution in [3.05, 3.63) is 0 Å². The first kappa shape index (κ1) is 13.6. The third kappa shape index (κ3) is 2.69. The van der Waals surface area contributed by atoms with Crippen LogP contribution in [0.2, 0.25) is 0 Å². The summed E-state index contributed by atoms with van der Waals surface area (Å²) in [5.74, 6) is 2.29. The van der Waals surface area contributed by atoms with Gasteiger partial charge in [-0.3, -0.25) is 9.59 Å². The maximum Gasteiger partial charge on any atom is 0.225 e. The Morgan fingerprint density at radius 1 is 1.00 bits per heavy atom. The Morgan fingerprint density at radius 2 is 1.86 bits per heavy atom. The van der Waals surface area contributed by atoms with Gasteiger partial charge in [0.15, 0.2) is 0 Å². The van der Waals surface area contributed by atoms with Crippen molar-refractivity contribution in [3.8, 4) is 0 Å². The number of hydrogen-bond acceptors (Lipinski definition) is 2. The zero-order valence-corrected chi connectivity index (χ0v) is 12.7. The van der Waals surface area contributed by atoms with Gasteiger partial charge in [0, 0.05) is 25.0 Å². The number of nitrogens with one attached hydrogen (secondary N) is 1. The maximum absolute atomic E-state index is 12.8. The number of nitrogens with zero attached hydrogens (tertiary/aromatic N) is 1. The van der Waals surface area contributed by atoms with Crippen LogP contribution in [0.25, 0.3) is 0 Å². The third-order valence-electron chi connectivity index (χ3n) is 6.08. The van der Waals surface area contributed by atoms with Gasteiger partial charge in [0.1, 0.15) is 0 Å². The molecule has 0 spiro atoms. The molecule has 116 valence electrons. The summed E-state index contributed by atoms with van der Waals surface area (Å²) in [6.07, 6.45) is 9.16. The van der Waals surface area contributed by atoms with Crippen LogP contribution in [-0.2, 0) is 9.59 Å². The maximum atomic E-state index is 12.8. The van der Waals surface area contributed by atoms with Gasteiger partial charge in [-0.25, -0.2) is 0 Å². The molecule has 4 nitrogen and oxygen atoms in total. The second-order valence-corrected chi connectivity index (χ2v) is 7.69. The largest absolute Gasteiger partial charge is 0.353 e. The van der Waals surface area contributed by atoms with Gasteiger partial charge in [0.25, 0.3) is 0 Å². The van der Waals surface area contributed by atoms with Crippen LogP contribution in [0, 0.1) is 23.7 Å². The lowest BCUT2D eigenvalue weighted by molar-refractivity contribution is -0.140. The van der Waals surface area contributed by atoms with Gasteiger partial charge >= 0.3 is 0 Å². The summed E-state index contributed by atoms with van der Waals surface area (Å²) in [6, 6.07) is 0.425. The average Bonchev–Trinajstić information content (AvgIpc) is 3.07. The van der Waals surface area contributed by atoms with E-state index < -0.39 is 0 Å². The molecule has 1 saturated heterocycles. The van der Waals surface area contributed by atoms with Gasteiger partial charge in [-0.1, -0.05) is 6.42 Å². The van der Waals surface area contributed by atoms with Gasteiger partial charge in [-0.05, 0) is 56.8 Å². The van der Waals surface area contributed by atoms with E-state index in [4.69, 9.17) is 0 Å². The van der Waals surface area contributed by atoms with Crippen LogP contribution in [0.4, 0.5) is 0 Å². The van der Waals surface area contributed by atoms with E-state index in [1.807, 2.05) is 4.90 Å². The highest BCUT2D eigenvalue weighted by Crippen LogP contribution is 2.49. The highest BCUT2D eigenvalue weighted by atomic mass is 16.2. The van der Waals surface area contributed by atoms with Crippen molar-refractivity contribution in [2.75, 3.05) is 13.1 Å². The highest BCUT2D eigenvalue weighted by molar-refractivity contribution is 5.83. The van der Waals surface area contributed by atoms with E-state index >= 15 is 0 Å². The number of likely N-dealkylation sites (tertiary alicyclic amines) is 1. The first-order valence-electron chi connectivity index (χ1n) is 8.80. The Balaban J connectivity index is 1.36. The summed E-state index contributed by atoms with van der Waals surface area (Å²) >= 11 is 0. The Kier molecular flexibility index (Phi) is 3.43. The lowest BCUT2D eigenvalue weighted by atomic mass is 9.86. The summed E-state index contributed by atoms with van der Waals surface area (Å²) in [4.78, 5) is 27.0. The lowest BCUT2D eigenvalue weighted by Gasteiger charge is -2.35. The quantitative estimate of drug-likeness (QED) is 0.863. The number of rotatable bonds is 3. The van der Waals surface area contributed by atoms with Gasteiger partial charge in [0.05, 0.1) is 5.92 Å². The minimum atomic E-state index is 0.0295. The van der Waals surface area contributed by atoms with Gasteiger partial charge in [0.2, 0.25) is 11.8 Å². The van der Waals surface area contributed by atoms with Crippen LogP contribution >= 0.6 is 0 Å². The second-order valence-electron chi connectivity index (χ2n) is 7.69. The molecule has 0 aromatic rings. The van der Waals surface area contributed by atoms with Crippen molar-refractivity contribution >= 4 is 11.8 Å². The molecule has 3 aliphatic carbocycles. The van der Waals surface area contributed by atoms with Crippen LogP contribution in [0.3, 0.4) is 0 Å². The van der Waals surface area contributed by atoms with Crippen molar-refractivity contribution < 1.29 is 9.59 Å². The fourth-order valence-corrected chi connectivity index (χ4v) is 4.72. The normalized spacial score (nSPS) is 38.6. The summed E-state index contributed by atoms with van der Waals surface area (Å²) in [6.45, 7) is 1.52. The van der Waals surface area contributed by atoms with Gasteiger partial charge in [-0.2, -0.15) is 0 Å². The smallest absolute Gasteiger partial charge is 0.225 e. The Morgan fingerprint density at radius 3 is 2.52 bits per heavy atom. The first-order valence-corrected chi connectivity index (χ1v) is 8.80. The number of carbonyl (C=O) groups is 2. The molecule has 4 heteroatoms. The predicted octanol–water partition coefficient (Wildman–Crippen LogP) is 1.94. The van der Waals surface area contributed by atoms with Crippen molar-refractivity contribution in [1.82, 2.24) is 10.2 Å². The molecular weight excluding hydrogens is 264 g/mol. The number of carbonyl (C=O) groups excluding carboxylic acids is 2. The molecular formula is C17H26N2O2. The monoisotopic (exact) mass is 290 g/mol. The van der Waals surface area contributed by atoms with E-state index in [0.717, 1.165) is 44.6 Å². The molecule has 1 N–H and O–H groups in total. The molecule has 2 bridgehead atoms. The summed E-state index contributed by atoms with van der Waals surface area (Å²) < 4.78 is 0. The molecule has 2 amide bonds. The van der Waals surface area contributed by atoms with Gasteiger partial charge in [-0.15, -0.1) is 0 Å². The molecule has 1 heterocycles. The van der Waals surface area contributed by atoms with Crippen LogP contribution in [0.5, 0.6) is 0 Å². The number of hydrogen-bond donors (Lipinski definition) is 1. The van der Waals surface area contributed by atoms with Crippen molar-refractivity contribution in [1.29, 1.82) is 0 Å². The third-order valence-corrected chi connectivity index (χ3v) is 6.08. The SMILES string of the molecule is O=C(NC1CC1)[C@@H]1CCCN(C(=O)[C@H]2C[C@H]3CC[C@H]2C3)C1. The molecule has 4 rings (SSSR count).